The van der Waals surface area contributed by atoms with Crippen molar-refractivity contribution in [3.8, 4) is 0 Å². The quantitative estimate of drug-likeness (QED) is 0.715. The second-order valence-corrected chi connectivity index (χ2v) is 4.26. The fourth-order valence-electron chi connectivity index (χ4n) is 1.78. The molecule has 0 spiro atoms. The molecule has 0 unspecified atom stereocenters. The Morgan fingerprint density at radius 3 is 2.36 bits per heavy atom. The van der Waals surface area contributed by atoms with Gasteiger partial charge in [0.25, 0.3) is 0 Å². The second kappa shape index (κ2) is 3.95. The molecule has 0 saturated carbocycles. The van der Waals surface area contributed by atoms with E-state index in [0.717, 1.165) is 25.9 Å². The Balaban J connectivity index is 2.40. The predicted molar refractivity (Wildman–Crippen MR) is 57.9 cm³/mol. The first-order valence-corrected chi connectivity index (χ1v) is 5.33. The summed E-state index contributed by atoms with van der Waals surface area (Å²) < 4.78 is 13.6. The van der Waals surface area contributed by atoms with Crippen LogP contribution in [0.25, 0.3) is 0 Å². The molecule has 0 aromatic heterocycles. The van der Waals surface area contributed by atoms with Gasteiger partial charge in [-0.05, 0) is 25.0 Å². The average molecular weight is 234 g/mol. The van der Waals surface area contributed by atoms with Crippen molar-refractivity contribution in [1.29, 1.82) is 0 Å². The Morgan fingerprint density at radius 1 is 1.14 bits per heavy atom. The zero-order valence-corrected chi connectivity index (χ0v) is 9.08. The van der Waals surface area contributed by atoms with Crippen molar-refractivity contribution in [3.63, 3.8) is 0 Å². The summed E-state index contributed by atoms with van der Waals surface area (Å²) in [5.74, 6) is -0.329. The second-order valence-electron chi connectivity index (χ2n) is 3.41. The molecule has 0 radical (unpaired) electrons. The van der Waals surface area contributed by atoms with Crippen LogP contribution in [0.15, 0.2) is 12.1 Å². The van der Waals surface area contributed by atoms with Gasteiger partial charge in [-0.2, -0.15) is 0 Å². The number of rotatable bonds is 1. The third kappa shape index (κ3) is 1.82. The van der Waals surface area contributed by atoms with Crippen LogP contribution in [0.1, 0.15) is 12.8 Å². The average Bonchev–Trinajstić information content (AvgIpc) is 2.54. The SMILES string of the molecule is Fc1cc(Cl)cc(Cl)c1N1CCCC1. The zero-order valence-electron chi connectivity index (χ0n) is 7.56. The molecule has 76 valence electrons. The molecule has 1 aromatic rings. The van der Waals surface area contributed by atoms with Gasteiger partial charge in [-0.3, -0.25) is 0 Å². The highest BCUT2D eigenvalue weighted by atomic mass is 35.5. The molecule has 0 bridgehead atoms. The highest BCUT2D eigenvalue weighted by Gasteiger charge is 2.19. The largest absolute Gasteiger partial charge is 0.368 e. The van der Waals surface area contributed by atoms with Crippen molar-refractivity contribution in [2.24, 2.45) is 0 Å². The third-order valence-corrected chi connectivity index (χ3v) is 2.91. The smallest absolute Gasteiger partial charge is 0.149 e. The van der Waals surface area contributed by atoms with E-state index in [0.29, 0.717) is 15.7 Å². The lowest BCUT2D eigenvalue weighted by atomic mass is 10.3. The van der Waals surface area contributed by atoms with Gasteiger partial charge >= 0.3 is 0 Å². The van der Waals surface area contributed by atoms with E-state index in [1.54, 1.807) is 6.07 Å². The van der Waals surface area contributed by atoms with Crippen molar-refractivity contribution >= 4 is 28.9 Å². The Kier molecular flexibility index (Phi) is 2.84. The first kappa shape index (κ1) is 10.1. The lowest BCUT2D eigenvalue weighted by Crippen LogP contribution is -2.19. The van der Waals surface area contributed by atoms with E-state index in [9.17, 15) is 4.39 Å². The van der Waals surface area contributed by atoms with Crippen molar-refractivity contribution in [2.75, 3.05) is 18.0 Å². The summed E-state index contributed by atoms with van der Waals surface area (Å²) in [6.07, 6.45) is 2.19. The van der Waals surface area contributed by atoms with E-state index in [-0.39, 0.29) is 5.82 Å². The van der Waals surface area contributed by atoms with Gasteiger partial charge in [-0.1, -0.05) is 23.2 Å². The van der Waals surface area contributed by atoms with Gasteiger partial charge in [-0.25, -0.2) is 4.39 Å². The van der Waals surface area contributed by atoms with Crippen LogP contribution < -0.4 is 4.90 Å². The maximum Gasteiger partial charge on any atom is 0.149 e. The molecule has 1 saturated heterocycles. The Hall–Kier alpha value is -0.470. The summed E-state index contributed by atoms with van der Waals surface area (Å²) in [7, 11) is 0. The summed E-state index contributed by atoms with van der Waals surface area (Å²) in [5.41, 5.74) is 0.494. The van der Waals surface area contributed by atoms with E-state index in [1.165, 1.54) is 6.07 Å². The normalized spacial score (nSPS) is 16.4. The molecule has 4 heteroatoms. The molecular formula is C10H10Cl2FN. The van der Waals surface area contributed by atoms with Crippen molar-refractivity contribution < 1.29 is 4.39 Å². The molecule has 0 aliphatic carbocycles. The van der Waals surface area contributed by atoms with Crippen molar-refractivity contribution in [1.82, 2.24) is 0 Å². The van der Waals surface area contributed by atoms with Gasteiger partial charge < -0.3 is 4.90 Å². The van der Waals surface area contributed by atoms with Crippen LogP contribution in [-0.4, -0.2) is 13.1 Å². The summed E-state index contributed by atoms with van der Waals surface area (Å²) in [5, 5.41) is 0.743. The first-order valence-electron chi connectivity index (χ1n) is 4.58. The fraction of sp³-hybridized carbons (Fsp3) is 0.400. The maximum absolute atomic E-state index is 13.6. The molecule has 1 fully saturated rings. The van der Waals surface area contributed by atoms with E-state index < -0.39 is 0 Å². The standard InChI is InChI=1S/C10H10Cl2FN/c11-7-5-8(12)10(9(13)6-7)14-3-1-2-4-14/h5-6H,1-4H2. The van der Waals surface area contributed by atoms with Gasteiger partial charge in [-0.15, -0.1) is 0 Å². The van der Waals surface area contributed by atoms with Gasteiger partial charge in [0.1, 0.15) is 5.82 Å². The predicted octanol–water partition coefficient (Wildman–Crippen LogP) is 3.73. The number of anilines is 1. The number of hydrogen-bond acceptors (Lipinski definition) is 1. The van der Waals surface area contributed by atoms with Crippen LogP contribution in [0.2, 0.25) is 10.0 Å². The van der Waals surface area contributed by atoms with Crippen LogP contribution in [0.5, 0.6) is 0 Å². The van der Waals surface area contributed by atoms with E-state index in [1.807, 2.05) is 4.90 Å². The molecular weight excluding hydrogens is 224 g/mol. The minimum atomic E-state index is -0.329. The van der Waals surface area contributed by atoms with Crippen LogP contribution >= 0.6 is 23.2 Å². The molecule has 14 heavy (non-hydrogen) atoms. The molecule has 0 N–H and O–H groups in total. The monoisotopic (exact) mass is 233 g/mol. The minimum Gasteiger partial charge on any atom is -0.368 e. The summed E-state index contributed by atoms with van der Waals surface area (Å²) in [6.45, 7) is 1.75. The van der Waals surface area contributed by atoms with Crippen LogP contribution in [-0.2, 0) is 0 Å². The lowest BCUT2D eigenvalue weighted by Gasteiger charge is -2.19. The molecule has 1 nitrogen and oxygen atoms in total. The van der Waals surface area contributed by atoms with Gasteiger partial charge in [0.15, 0.2) is 0 Å². The number of hydrogen-bond donors (Lipinski definition) is 0. The minimum absolute atomic E-state index is 0.329. The highest BCUT2D eigenvalue weighted by Crippen LogP contribution is 2.33. The lowest BCUT2D eigenvalue weighted by molar-refractivity contribution is 0.623. The van der Waals surface area contributed by atoms with E-state index in [2.05, 4.69) is 0 Å². The Bertz CT molecular complexity index is 325. The summed E-state index contributed by atoms with van der Waals surface area (Å²) in [6, 6.07) is 2.89. The number of nitrogens with zero attached hydrogens (tertiary/aromatic N) is 1. The van der Waals surface area contributed by atoms with Crippen LogP contribution in [0, 0.1) is 5.82 Å². The summed E-state index contributed by atoms with van der Waals surface area (Å²) in [4.78, 5) is 1.97. The third-order valence-electron chi connectivity index (χ3n) is 2.40. The number of benzene rings is 1. The molecule has 1 heterocycles. The Labute approximate surface area is 92.4 Å². The highest BCUT2D eigenvalue weighted by molar-refractivity contribution is 6.36. The first-order chi connectivity index (χ1) is 6.68. The molecule has 0 amide bonds. The molecule has 1 aliphatic rings. The van der Waals surface area contributed by atoms with Crippen LogP contribution in [0.3, 0.4) is 0 Å². The van der Waals surface area contributed by atoms with E-state index >= 15 is 0 Å². The van der Waals surface area contributed by atoms with Crippen molar-refractivity contribution in [2.45, 2.75) is 12.8 Å². The molecule has 1 aromatic carbocycles. The molecule has 1 aliphatic heterocycles. The molecule has 2 rings (SSSR count). The number of halogens is 3. The van der Waals surface area contributed by atoms with Gasteiger partial charge in [0.05, 0.1) is 10.7 Å². The topological polar surface area (TPSA) is 3.24 Å². The Morgan fingerprint density at radius 2 is 1.79 bits per heavy atom. The van der Waals surface area contributed by atoms with Gasteiger partial charge in [0, 0.05) is 18.1 Å². The van der Waals surface area contributed by atoms with Crippen LogP contribution in [0.4, 0.5) is 10.1 Å². The van der Waals surface area contributed by atoms with Gasteiger partial charge in [0.2, 0.25) is 0 Å². The van der Waals surface area contributed by atoms with Crippen molar-refractivity contribution in [3.05, 3.63) is 28.0 Å². The fourth-order valence-corrected chi connectivity index (χ4v) is 2.37. The molecule has 0 atom stereocenters. The van der Waals surface area contributed by atoms with E-state index in [4.69, 9.17) is 23.2 Å². The maximum atomic E-state index is 13.6. The zero-order chi connectivity index (χ0) is 10.1. The summed E-state index contributed by atoms with van der Waals surface area (Å²) >= 11 is 11.6.